The number of aryl methyl sites for hydroxylation is 1. The quantitative estimate of drug-likeness (QED) is 0.327. The maximum absolute atomic E-state index is 13.2. The minimum absolute atomic E-state index is 0.0413. The van der Waals surface area contributed by atoms with Gasteiger partial charge in [-0.3, -0.25) is 10.00 Å². The lowest BCUT2D eigenvalue weighted by Crippen LogP contribution is -2.18. The number of carbonyl (C=O) groups excluding carboxylic acids is 1. The van der Waals surface area contributed by atoms with Crippen LogP contribution in [-0.4, -0.2) is 40.7 Å². The van der Waals surface area contributed by atoms with Crippen molar-refractivity contribution in [3.8, 4) is 11.3 Å². The second kappa shape index (κ2) is 9.93. The molecule has 0 atom stereocenters. The Labute approximate surface area is 216 Å². The summed E-state index contributed by atoms with van der Waals surface area (Å²) >= 11 is 0. The predicted molar refractivity (Wildman–Crippen MR) is 144 cm³/mol. The molecule has 0 saturated heterocycles. The highest BCUT2D eigenvalue weighted by Gasteiger charge is 2.28. The van der Waals surface area contributed by atoms with Crippen molar-refractivity contribution in [1.29, 1.82) is 0 Å². The number of sulfone groups is 1. The van der Waals surface area contributed by atoms with E-state index in [0.717, 1.165) is 41.4 Å². The maximum atomic E-state index is 13.2. The molecular formula is C27H31N5O4S. The van der Waals surface area contributed by atoms with E-state index in [9.17, 15) is 13.2 Å². The molecule has 2 heterocycles. The molecule has 37 heavy (non-hydrogen) atoms. The Morgan fingerprint density at radius 3 is 2.57 bits per heavy atom. The van der Waals surface area contributed by atoms with E-state index in [2.05, 4.69) is 15.0 Å². The molecule has 4 aromatic rings. The van der Waals surface area contributed by atoms with Gasteiger partial charge >= 0.3 is 6.09 Å². The third-order valence-corrected chi connectivity index (χ3v) is 8.40. The van der Waals surface area contributed by atoms with Crippen molar-refractivity contribution in [3.05, 3.63) is 60.9 Å². The number of benzene rings is 2. The Morgan fingerprint density at radius 1 is 1.19 bits per heavy atom. The first-order valence-corrected chi connectivity index (χ1v) is 14.1. The smallest absolute Gasteiger partial charge is 0.411 e. The zero-order valence-electron chi connectivity index (χ0n) is 20.9. The SMILES string of the molecule is CC(C)OC(=O)Nc1ccc(-c2c(N)c3ccc(S(=O)(=O)CCn4cccn4)cc3n2C2CCC2)cc1. The fraction of sp³-hybridized carbons (Fsp3) is 0.333. The Morgan fingerprint density at radius 2 is 1.95 bits per heavy atom. The van der Waals surface area contributed by atoms with Gasteiger partial charge in [0.25, 0.3) is 0 Å². The van der Waals surface area contributed by atoms with E-state index in [-0.39, 0.29) is 29.3 Å². The number of nitrogen functional groups attached to an aromatic ring is 1. The van der Waals surface area contributed by atoms with Crippen LogP contribution in [0.4, 0.5) is 16.2 Å². The summed E-state index contributed by atoms with van der Waals surface area (Å²) in [7, 11) is -3.52. The highest BCUT2D eigenvalue weighted by atomic mass is 32.2. The van der Waals surface area contributed by atoms with Crippen LogP contribution in [0.5, 0.6) is 0 Å². The van der Waals surface area contributed by atoms with Crippen molar-refractivity contribution < 1.29 is 17.9 Å². The number of nitrogens with two attached hydrogens (primary N) is 1. The van der Waals surface area contributed by atoms with E-state index in [1.54, 1.807) is 49.1 Å². The first kappa shape index (κ1) is 24.9. The molecule has 10 heteroatoms. The molecular weight excluding hydrogens is 490 g/mol. The molecule has 1 amide bonds. The number of nitrogens with zero attached hydrogens (tertiary/aromatic N) is 3. The Hall–Kier alpha value is -3.79. The van der Waals surface area contributed by atoms with Gasteiger partial charge in [0.1, 0.15) is 0 Å². The van der Waals surface area contributed by atoms with E-state index < -0.39 is 15.9 Å². The number of hydrogen-bond donors (Lipinski definition) is 2. The van der Waals surface area contributed by atoms with Gasteiger partial charge in [0.05, 0.1) is 40.2 Å². The van der Waals surface area contributed by atoms with Crippen molar-refractivity contribution in [1.82, 2.24) is 14.3 Å². The van der Waals surface area contributed by atoms with Crippen LogP contribution < -0.4 is 11.1 Å². The van der Waals surface area contributed by atoms with Gasteiger partial charge in [-0.05, 0) is 69.5 Å². The molecule has 0 bridgehead atoms. The molecule has 0 radical (unpaired) electrons. The molecule has 0 unspecified atom stereocenters. The van der Waals surface area contributed by atoms with Gasteiger partial charge in [-0.1, -0.05) is 12.1 Å². The lowest BCUT2D eigenvalue weighted by Gasteiger charge is -2.30. The molecule has 194 valence electrons. The van der Waals surface area contributed by atoms with Crippen molar-refractivity contribution >= 4 is 38.2 Å². The summed E-state index contributed by atoms with van der Waals surface area (Å²) in [6.07, 6.45) is 5.80. The van der Waals surface area contributed by atoms with Gasteiger partial charge in [0.2, 0.25) is 0 Å². The summed E-state index contributed by atoms with van der Waals surface area (Å²) < 4.78 is 35.3. The number of anilines is 2. The predicted octanol–water partition coefficient (Wildman–Crippen LogP) is 5.24. The third kappa shape index (κ3) is 5.06. The zero-order chi connectivity index (χ0) is 26.2. The molecule has 3 N–H and O–H groups in total. The van der Waals surface area contributed by atoms with Crippen LogP contribution in [0.3, 0.4) is 0 Å². The minimum atomic E-state index is -3.52. The Bertz CT molecular complexity index is 1520. The van der Waals surface area contributed by atoms with Gasteiger partial charge < -0.3 is 15.0 Å². The van der Waals surface area contributed by atoms with Crippen LogP contribution in [0.2, 0.25) is 0 Å². The van der Waals surface area contributed by atoms with Gasteiger partial charge in [-0.25, -0.2) is 13.2 Å². The normalized spacial score (nSPS) is 14.1. The number of hydrogen-bond acceptors (Lipinski definition) is 6. The topological polar surface area (TPSA) is 121 Å². The highest BCUT2D eigenvalue weighted by molar-refractivity contribution is 7.91. The summed E-state index contributed by atoms with van der Waals surface area (Å²) in [5.41, 5.74) is 10.5. The van der Waals surface area contributed by atoms with E-state index in [4.69, 9.17) is 10.5 Å². The van der Waals surface area contributed by atoms with E-state index in [1.165, 1.54) is 0 Å². The summed E-state index contributed by atoms with van der Waals surface area (Å²) in [6, 6.07) is 14.7. The second-order valence-corrected chi connectivity index (χ2v) is 11.7. The number of aromatic nitrogens is 3. The largest absolute Gasteiger partial charge is 0.447 e. The fourth-order valence-corrected chi connectivity index (χ4v) is 5.90. The van der Waals surface area contributed by atoms with Gasteiger partial charge in [0, 0.05) is 35.1 Å². The fourth-order valence-electron chi connectivity index (χ4n) is 4.67. The third-order valence-electron chi connectivity index (χ3n) is 6.71. The minimum Gasteiger partial charge on any atom is -0.447 e. The van der Waals surface area contributed by atoms with Gasteiger partial charge in [-0.15, -0.1) is 0 Å². The van der Waals surface area contributed by atoms with Crippen LogP contribution >= 0.6 is 0 Å². The average Bonchev–Trinajstić information content (AvgIpc) is 3.44. The number of nitrogens with one attached hydrogen (secondary N) is 1. The summed E-state index contributed by atoms with van der Waals surface area (Å²) in [6.45, 7) is 3.87. The number of carbonyl (C=O) groups is 1. The molecule has 9 nitrogen and oxygen atoms in total. The lowest BCUT2D eigenvalue weighted by atomic mass is 9.92. The molecule has 1 fully saturated rings. The van der Waals surface area contributed by atoms with Gasteiger partial charge in [0.15, 0.2) is 9.84 Å². The second-order valence-electron chi connectivity index (χ2n) is 9.64. The molecule has 1 aliphatic rings. The first-order chi connectivity index (χ1) is 17.7. The first-order valence-electron chi connectivity index (χ1n) is 12.4. The van der Waals surface area contributed by atoms with Crippen molar-refractivity contribution in [2.75, 3.05) is 16.8 Å². The number of rotatable bonds is 8. The number of amides is 1. The average molecular weight is 522 g/mol. The van der Waals surface area contributed by atoms with Crippen LogP contribution in [0.15, 0.2) is 65.8 Å². The Balaban J connectivity index is 1.50. The molecule has 2 aromatic heterocycles. The van der Waals surface area contributed by atoms with Crippen LogP contribution in [0.25, 0.3) is 22.2 Å². The number of ether oxygens (including phenoxy) is 1. The van der Waals surface area contributed by atoms with Crippen molar-refractivity contribution in [2.45, 2.75) is 56.7 Å². The zero-order valence-corrected chi connectivity index (χ0v) is 21.7. The van der Waals surface area contributed by atoms with Crippen LogP contribution in [0.1, 0.15) is 39.2 Å². The standard InChI is InChI=1S/C27H31N5O4S/c1-18(2)36-27(33)30-20-9-7-19(8-10-20)26-25(28)23-12-11-22(17-24(23)32(26)21-5-3-6-21)37(34,35)16-15-31-14-4-13-29-31/h4,7-14,17-18,21H,3,5-6,15-16,28H2,1-2H3,(H,30,33). The van der Waals surface area contributed by atoms with E-state index >= 15 is 0 Å². The molecule has 5 rings (SSSR count). The van der Waals surface area contributed by atoms with Crippen LogP contribution in [0, 0.1) is 0 Å². The summed E-state index contributed by atoms with van der Waals surface area (Å²) in [4.78, 5) is 12.2. The van der Waals surface area contributed by atoms with E-state index in [1.807, 2.05) is 30.3 Å². The molecule has 0 spiro atoms. The molecule has 1 saturated carbocycles. The number of fused-ring (bicyclic) bond motifs is 1. The molecule has 1 aliphatic carbocycles. The lowest BCUT2D eigenvalue weighted by molar-refractivity contribution is 0.130. The summed E-state index contributed by atoms with van der Waals surface area (Å²) in [5, 5.41) is 7.66. The van der Waals surface area contributed by atoms with E-state index in [0.29, 0.717) is 11.4 Å². The molecule has 2 aromatic carbocycles. The monoisotopic (exact) mass is 521 g/mol. The van der Waals surface area contributed by atoms with Crippen molar-refractivity contribution in [2.24, 2.45) is 0 Å². The van der Waals surface area contributed by atoms with Crippen molar-refractivity contribution in [3.63, 3.8) is 0 Å². The Kier molecular flexibility index (Phi) is 6.68. The maximum Gasteiger partial charge on any atom is 0.411 e. The molecule has 0 aliphatic heterocycles. The van der Waals surface area contributed by atoms with Crippen LogP contribution in [-0.2, 0) is 21.1 Å². The van der Waals surface area contributed by atoms with Gasteiger partial charge in [-0.2, -0.15) is 5.10 Å². The summed E-state index contributed by atoms with van der Waals surface area (Å²) in [5.74, 6) is -0.0413. The highest BCUT2D eigenvalue weighted by Crippen LogP contribution is 2.44.